The van der Waals surface area contributed by atoms with Gasteiger partial charge in [0.05, 0.1) is 19.4 Å². The zero-order valence-electron chi connectivity index (χ0n) is 5.21. The van der Waals surface area contributed by atoms with Crippen LogP contribution in [0, 0.1) is 0 Å². The maximum atomic E-state index is 11.2. The number of alkyl halides is 2. The smallest absolute Gasteiger partial charge is 0.386 e. The zero-order valence-corrected chi connectivity index (χ0v) is 5.21. The molecule has 0 N–H and O–H groups in total. The molecule has 0 aromatic carbocycles. The predicted molar refractivity (Wildman–Crippen MR) is 28.2 cm³/mol. The molecule has 0 amide bonds. The van der Waals surface area contributed by atoms with E-state index in [0.29, 0.717) is 6.26 Å². The summed E-state index contributed by atoms with van der Waals surface area (Å²) in [6, 6.07) is 0. The quantitative estimate of drug-likeness (QED) is 0.342. The van der Waals surface area contributed by atoms with Crippen LogP contribution in [0.25, 0.3) is 0 Å². The fraction of sp³-hybridized carbons (Fsp3) is 0.400. The van der Waals surface area contributed by atoms with Gasteiger partial charge < -0.3 is 9.47 Å². The van der Waals surface area contributed by atoms with Gasteiger partial charge >= 0.3 is 12.6 Å². The highest BCUT2D eigenvalue weighted by molar-refractivity contribution is 5.81. The number of halogens is 2. The number of hydrogen-bond donors (Lipinski definition) is 0. The Morgan fingerprint density at radius 2 is 2.20 bits per heavy atom. The minimum atomic E-state index is -2.90. The van der Waals surface area contributed by atoms with Crippen molar-refractivity contribution in [3.63, 3.8) is 0 Å². The van der Waals surface area contributed by atoms with Crippen LogP contribution in [-0.4, -0.2) is 19.7 Å². The molecule has 0 aliphatic rings. The van der Waals surface area contributed by atoms with E-state index < -0.39 is 12.6 Å². The van der Waals surface area contributed by atoms with Crippen molar-refractivity contribution in [2.24, 2.45) is 0 Å². The Kier molecular flexibility index (Phi) is 4.19. The maximum Gasteiger partial charge on any atom is 0.386 e. The highest BCUT2D eigenvalue weighted by atomic mass is 19.3. The van der Waals surface area contributed by atoms with Crippen LogP contribution in [0.5, 0.6) is 0 Å². The standard InChI is InChI=1S/C5H6F2O3/c1-9-4(8)2-3-10-5(6)7/h2-3,5H,1H3/b3-2+. The molecular weight excluding hydrogens is 146 g/mol. The van der Waals surface area contributed by atoms with Gasteiger partial charge in [-0.1, -0.05) is 0 Å². The molecule has 0 saturated heterocycles. The molecule has 0 aromatic heterocycles. The van der Waals surface area contributed by atoms with E-state index in [9.17, 15) is 13.6 Å². The molecule has 0 unspecified atom stereocenters. The van der Waals surface area contributed by atoms with Crippen LogP contribution in [0.2, 0.25) is 0 Å². The number of esters is 1. The second kappa shape index (κ2) is 4.72. The van der Waals surface area contributed by atoms with Crippen LogP contribution in [-0.2, 0) is 14.3 Å². The van der Waals surface area contributed by atoms with E-state index in [2.05, 4.69) is 9.47 Å². The molecule has 0 fully saturated rings. The van der Waals surface area contributed by atoms with Gasteiger partial charge in [-0.25, -0.2) is 4.79 Å². The Morgan fingerprint density at radius 1 is 1.60 bits per heavy atom. The first kappa shape index (κ1) is 8.87. The van der Waals surface area contributed by atoms with Gasteiger partial charge in [0.2, 0.25) is 0 Å². The van der Waals surface area contributed by atoms with Crippen LogP contribution in [0.15, 0.2) is 12.3 Å². The molecular formula is C5H6F2O3. The molecule has 0 radical (unpaired) electrons. The van der Waals surface area contributed by atoms with Crippen LogP contribution in [0.1, 0.15) is 0 Å². The lowest BCUT2D eigenvalue weighted by molar-refractivity contribution is -0.135. The summed E-state index contributed by atoms with van der Waals surface area (Å²) in [7, 11) is 1.13. The molecule has 0 rings (SSSR count). The highest BCUT2D eigenvalue weighted by Crippen LogP contribution is 1.94. The molecule has 10 heavy (non-hydrogen) atoms. The largest absolute Gasteiger partial charge is 0.466 e. The molecule has 0 spiro atoms. The first-order chi connectivity index (χ1) is 4.66. The highest BCUT2D eigenvalue weighted by Gasteiger charge is 1.97. The van der Waals surface area contributed by atoms with Crippen molar-refractivity contribution in [2.75, 3.05) is 7.11 Å². The van der Waals surface area contributed by atoms with Gasteiger partial charge in [-0.2, -0.15) is 8.78 Å². The molecule has 3 nitrogen and oxygen atoms in total. The van der Waals surface area contributed by atoms with E-state index in [-0.39, 0.29) is 0 Å². The van der Waals surface area contributed by atoms with E-state index in [1.165, 1.54) is 0 Å². The van der Waals surface area contributed by atoms with Crippen LogP contribution < -0.4 is 0 Å². The maximum absolute atomic E-state index is 11.2. The van der Waals surface area contributed by atoms with E-state index in [1.54, 1.807) is 0 Å². The first-order valence-corrected chi connectivity index (χ1v) is 2.35. The minimum absolute atomic E-state index is 0.580. The van der Waals surface area contributed by atoms with Crippen LogP contribution in [0.3, 0.4) is 0 Å². The lowest BCUT2D eigenvalue weighted by Gasteiger charge is -1.94. The lowest BCUT2D eigenvalue weighted by Crippen LogP contribution is -1.96. The van der Waals surface area contributed by atoms with Crippen molar-refractivity contribution in [3.05, 3.63) is 12.3 Å². The van der Waals surface area contributed by atoms with E-state index in [4.69, 9.17) is 0 Å². The van der Waals surface area contributed by atoms with Crippen molar-refractivity contribution in [1.82, 2.24) is 0 Å². The topological polar surface area (TPSA) is 35.5 Å². The fourth-order valence-electron chi connectivity index (χ4n) is 0.222. The van der Waals surface area contributed by atoms with Crippen molar-refractivity contribution in [1.29, 1.82) is 0 Å². The van der Waals surface area contributed by atoms with Gasteiger partial charge in [0.15, 0.2) is 0 Å². The molecule has 0 atom stereocenters. The average molecular weight is 152 g/mol. The van der Waals surface area contributed by atoms with Gasteiger partial charge in [0.1, 0.15) is 0 Å². The second-order valence-electron chi connectivity index (χ2n) is 1.22. The van der Waals surface area contributed by atoms with Crippen molar-refractivity contribution >= 4 is 5.97 Å². The predicted octanol–water partition coefficient (Wildman–Crippen LogP) is 0.912. The summed E-state index contributed by atoms with van der Waals surface area (Å²) in [5, 5.41) is 0. The molecule has 0 bridgehead atoms. The summed E-state index contributed by atoms with van der Waals surface area (Å²) in [4.78, 5) is 10.2. The minimum Gasteiger partial charge on any atom is -0.466 e. The molecule has 0 saturated carbocycles. The van der Waals surface area contributed by atoms with E-state index in [1.807, 2.05) is 0 Å². The third kappa shape index (κ3) is 5.02. The monoisotopic (exact) mass is 152 g/mol. The summed E-state index contributed by atoms with van der Waals surface area (Å²) in [6.45, 7) is -2.90. The number of rotatable bonds is 3. The van der Waals surface area contributed by atoms with Crippen molar-refractivity contribution in [3.8, 4) is 0 Å². The molecule has 58 valence electrons. The van der Waals surface area contributed by atoms with Crippen molar-refractivity contribution in [2.45, 2.75) is 6.61 Å². The van der Waals surface area contributed by atoms with E-state index >= 15 is 0 Å². The summed E-state index contributed by atoms with van der Waals surface area (Å²) in [5.41, 5.74) is 0. The molecule has 0 aromatic rings. The molecule has 0 aliphatic carbocycles. The molecule has 5 heteroatoms. The summed E-state index contributed by atoms with van der Waals surface area (Å²) in [6.07, 6.45) is 1.34. The SMILES string of the molecule is COC(=O)/C=C/OC(F)F. The lowest BCUT2D eigenvalue weighted by atomic mass is 10.6. The summed E-state index contributed by atoms with van der Waals surface area (Å²) < 4.78 is 30.0. The Balaban J connectivity index is 3.46. The van der Waals surface area contributed by atoms with E-state index in [0.717, 1.165) is 13.2 Å². The van der Waals surface area contributed by atoms with Gasteiger partial charge in [-0.3, -0.25) is 0 Å². The third-order valence-corrected chi connectivity index (χ3v) is 0.587. The van der Waals surface area contributed by atoms with Gasteiger partial charge in [-0.05, 0) is 0 Å². The fourth-order valence-corrected chi connectivity index (χ4v) is 0.222. The first-order valence-electron chi connectivity index (χ1n) is 2.35. The summed E-state index contributed by atoms with van der Waals surface area (Å²) >= 11 is 0. The van der Waals surface area contributed by atoms with Gasteiger partial charge in [-0.15, -0.1) is 0 Å². The zero-order chi connectivity index (χ0) is 7.98. The van der Waals surface area contributed by atoms with Gasteiger partial charge in [0.25, 0.3) is 0 Å². The van der Waals surface area contributed by atoms with Crippen LogP contribution >= 0.6 is 0 Å². The number of carbonyl (C=O) groups excluding carboxylic acids is 1. The van der Waals surface area contributed by atoms with Crippen LogP contribution in [0.4, 0.5) is 8.78 Å². The number of ether oxygens (including phenoxy) is 2. The van der Waals surface area contributed by atoms with Crippen molar-refractivity contribution < 1.29 is 23.0 Å². The molecule has 0 heterocycles. The molecule has 0 aliphatic heterocycles. The Morgan fingerprint density at radius 3 is 2.60 bits per heavy atom. The summed E-state index contributed by atoms with van der Waals surface area (Å²) in [5.74, 6) is -0.736. The number of methoxy groups -OCH3 is 1. The Labute approximate surface area is 56.2 Å². The normalized spacial score (nSPS) is 10.4. The Bertz CT molecular complexity index is 133. The third-order valence-electron chi connectivity index (χ3n) is 0.587. The number of hydrogen-bond acceptors (Lipinski definition) is 3. The number of carbonyl (C=O) groups is 1. The van der Waals surface area contributed by atoms with Gasteiger partial charge in [0, 0.05) is 0 Å². The second-order valence-corrected chi connectivity index (χ2v) is 1.22. The average Bonchev–Trinajstić information content (AvgIpc) is 1.87. The Hall–Kier alpha value is -1.13.